The third-order valence-corrected chi connectivity index (χ3v) is 6.35. The van der Waals surface area contributed by atoms with Gasteiger partial charge in [-0.15, -0.1) is 0 Å². The highest BCUT2D eigenvalue weighted by atomic mass is 16.5. The SMILES string of the molecule is CCCn1nc(C2CCCC2)nc1[C@H]1OCC(=O)N(C2CC2)[C@@H]1c1cccnc1. The van der Waals surface area contributed by atoms with Gasteiger partial charge in [0.2, 0.25) is 5.91 Å². The van der Waals surface area contributed by atoms with Crippen molar-refractivity contribution in [1.29, 1.82) is 0 Å². The molecule has 1 saturated heterocycles. The van der Waals surface area contributed by atoms with Crippen LogP contribution in [0.3, 0.4) is 0 Å². The van der Waals surface area contributed by atoms with Gasteiger partial charge in [0.1, 0.15) is 12.7 Å². The summed E-state index contributed by atoms with van der Waals surface area (Å²) in [5.41, 5.74) is 1.01. The zero-order valence-corrected chi connectivity index (χ0v) is 17.0. The zero-order valence-electron chi connectivity index (χ0n) is 17.0. The number of hydrogen-bond donors (Lipinski definition) is 0. The number of morpholine rings is 1. The molecule has 2 aromatic heterocycles. The van der Waals surface area contributed by atoms with Crippen LogP contribution in [-0.4, -0.2) is 43.2 Å². The van der Waals surface area contributed by atoms with Crippen LogP contribution in [0.2, 0.25) is 0 Å². The summed E-state index contributed by atoms with van der Waals surface area (Å²) in [6, 6.07) is 4.07. The monoisotopic (exact) mass is 395 g/mol. The second-order valence-corrected chi connectivity index (χ2v) is 8.53. The van der Waals surface area contributed by atoms with Crippen molar-refractivity contribution < 1.29 is 9.53 Å². The van der Waals surface area contributed by atoms with E-state index >= 15 is 0 Å². The molecule has 3 aliphatic rings. The predicted molar refractivity (Wildman–Crippen MR) is 107 cm³/mol. The lowest BCUT2D eigenvalue weighted by molar-refractivity contribution is -0.160. The van der Waals surface area contributed by atoms with E-state index in [2.05, 4.69) is 11.9 Å². The minimum absolute atomic E-state index is 0.0650. The number of aromatic nitrogens is 4. The first-order valence-corrected chi connectivity index (χ1v) is 11.0. The molecule has 7 heteroatoms. The topological polar surface area (TPSA) is 73.1 Å². The number of hydrogen-bond acceptors (Lipinski definition) is 5. The number of nitrogens with zero attached hydrogens (tertiary/aromatic N) is 5. The molecule has 3 heterocycles. The van der Waals surface area contributed by atoms with Crippen LogP contribution in [0.25, 0.3) is 0 Å². The molecule has 5 rings (SSSR count). The lowest BCUT2D eigenvalue weighted by atomic mass is 9.98. The molecule has 0 radical (unpaired) electrons. The molecule has 0 unspecified atom stereocenters. The molecule has 0 bridgehead atoms. The highest BCUT2D eigenvalue weighted by molar-refractivity contribution is 5.79. The van der Waals surface area contributed by atoms with E-state index in [0.29, 0.717) is 12.0 Å². The third kappa shape index (κ3) is 3.56. The van der Waals surface area contributed by atoms with Gasteiger partial charge in [-0.2, -0.15) is 5.10 Å². The lowest BCUT2D eigenvalue weighted by Crippen LogP contribution is -2.47. The summed E-state index contributed by atoms with van der Waals surface area (Å²) in [5, 5.41) is 4.90. The van der Waals surface area contributed by atoms with Gasteiger partial charge in [0, 0.05) is 30.9 Å². The fourth-order valence-corrected chi connectivity index (χ4v) is 4.83. The Morgan fingerprint density at radius 1 is 1.21 bits per heavy atom. The number of carbonyl (C=O) groups is 1. The molecule has 2 aliphatic carbocycles. The Kier molecular flexibility index (Phi) is 5.08. The number of amides is 1. The van der Waals surface area contributed by atoms with Gasteiger partial charge >= 0.3 is 0 Å². The van der Waals surface area contributed by atoms with E-state index in [4.69, 9.17) is 14.8 Å². The highest BCUT2D eigenvalue weighted by Gasteiger charge is 2.47. The van der Waals surface area contributed by atoms with Gasteiger partial charge in [0.25, 0.3) is 0 Å². The molecule has 1 aliphatic heterocycles. The summed E-state index contributed by atoms with van der Waals surface area (Å²) in [6.07, 6.45) is 11.3. The van der Waals surface area contributed by atoms with Gasteiger partial charge in [-0.3, -0.25) is 9.78 Å². The van der Waals surface area contributed by atoms with Crippen LogP contribution < -0.4 is 0 Å². The molecule has 2 saturated carbocycles. The summed E-state index contributed by atoms with van der Waals surface area (Å²) in [7, 11) is 0. The van der Waals surface area contributed by atoms with Crippen LogP contribution >= 0.6 is 0 Å². The minimum Gasteiger partial charge on any atom is -0.358 e. The van der Waals surface area contributed by atoms with Gasteiger partial charge < -0.3 is 9.64 Å². The van der Waals surface area contributed by atoms with Crippen molar-refractivity contribution in [2.75, 3.05) is 6.61 Å². The van der Waals surface area contributed by atoms with Crippen molar-refractivity contribution in [1.82, 2.24) is 24.6 Å². The van der Waals surface area contributed by atoms with Crippen LogP contribution in [0, 0.1) is 0 Å². The maximum atomic E-state index is 12.8. The van der Waals surface area contributed by atoms with E-state index in [1.807, 2.05) is 27.9 Å². The van der Waals surface area contributed by atoms with E-state index < -0.39 is 0 Å². The Bertz CT molecular complexity index is 857. The lowest BCUT2D eigenvalue weighted by Gasteiger charge is -2.41. The molecule has 7 nitrogen and oxygen atoms in total. The van der Waals surface area contributed by atoms with E-state index in [9.17, 15) is 4.79 Å². The third-order valence-electron chi connectivity index (χ3n) is 6.35. The molecule has 29 heavy (non-hydrogen) atoms. The molecule has 0 aromatic carbocycles. The van der Waals surface area contributed by atoms with E-state index in [1.165, 1.54) is 25.7 Å². The van der Waals surface area contributed by atoms with Crippen LogP contribution in [0.4, 0.5) is 0 Å². The molecule has 2 aromatic rings. The predicted octanol–water partition coefficient (Wildman–Crippen LogP) is 3.54. The van der Waals surface area contributed by atoms with Crippen molar-refractivity contribution in [2.24, 2.45) is 0 Å². The Balaban J connectivity index is 1.56. The molecule has 0 N–H and O–H groups in total. The smallest absolute Gasteiger partial charge is 0.249 e. The Labute approximate surface area is 171 Å². The first-order valence-electron chi connectivity index (χ1n) is 11.0. The van der Waals surface area contributed by atoms with E-state index in [-0.39, 0.29) is 24.7 Å². The molecule has 3 fully saturated rings. The number of aryl methyl sites for hydroxylation is 1. The molecule has 0 spiro atoms. The Hall–Kier alpha value is -2.28. The van der Waals surface area contributed by atoms with Crippen molar-refractivity contribution in [3.8, 4) is 0 Å². The fraction of sp³-hybridized carbons (Fsp3) is 0.636. The molecule has 1 amide bonds. The normalized spacial score (nSPS) is 25.7. The van der Waals surface area contributed by atoms with Crippen molar-refractivity contribution in [3.63, 3.8) is 0 Å². The van der Waals surface area contributed by atoms with Gasteiger partial charge in [-0.1, -0.05) is 25.8 Å². The zero-order chi connectivity index (χ0) is 19.8. The maximum Gasteiger partial charge on any atom is 0.249 e. The second kappa shape index (κ2) is 7.86. The van der Waals surface area contributed by atoms with Crippen molar-refractivity contribution in [2.45, 2.75) is 82.5 Å². The molecule has 154 valence electrons. The standard InChI is InChI=1S/C22H29N5O2/c1-2-12-26-22(24-21(25-26)15-6-3-4-7-15)20-19(16-8-5-11-23-13-16)27(17-9-10-17)18(28)14-29-20/h5,8,11,13,15,17,19-20H,2-4,6-7,9-10,12,14H2,1H3/t19-,20+/m1/s1. The Morgan fingerprint density at radius 2 is 2.03 bits per heavy atom. The summed E-state index contributed by atoms with van der Waals surface area (Å²) < 4.78 is 8.20. The molecule has 2 atom stereocenters. The van der Waals surface area contributed by atoms with Crippen LogP contribution in [-0.2, 0) is 16.1 Å². The van der Waals surface area contributed by atoms with Gasteiger partial charge in [0.15, 0.2) is 11.6 Å². The van der Waals surface area contributed by atoms with Crippen molar-refractivity contribution in [3.05, 3.63) is 41.7 Å². The summed E-state index contributed by atoms with van der Waals surface area (Å²) in [4.78, 5) is 24.2. The average molecular weight is 396 g/mol. The maximum absolute atomic E-state index is 12.8. The van der Waals surface area contributed by atoms with E-state index in [1.54, 1.807) is 6.20 Å². The van der Waals surface area contributed by atoms with Crippen molar-refractivity contribution >= 4 is 5.91 Å². The summed E-state index contributed by atoms with van der Waals surface area (Å²) >= 11 is 0. The number of ether oxygens (including phenoxy) is 1. The number of carbonyl (C=O) groups excluding carboxylic acids is 1. The number of pyridine rings is 1. The van der Waals surface area contributed by atoms with Crippen LogP contribution in [0.1, 0.15) is 87.1 Å². The molecular weight excluding hydrogens is 366 g/mol. The summed E-state index contributed by atoms with van der Waals surface area (Å²) in [6.45, 7) is 3.07. The first-order chi connectivity index (χ1) is 14.3. The minimum atomic E-state index is -0.313. The Morgan fingerprint density at radius 3 is 2.72 bits per heavy atom. The highest BCUT2D eigenvalue weighted by Crippen LogP contribution is 2.45. The summed E-state index contributed by atoms with van der Waals surface area (Å²) in [5.74, 6) is 2.33. The van der Waals surface area contributed by atoms with Gasteiger partial charge in [0.05, 0.1) is 6.04 Å². The fourth-order valence-electron chi connectivity index (χ4n) is 4.83. The number of rotatable bonds is 6. The quantitative estimate of drug-likeness (QED) is 0.748. The molecular formula is C22H29N5O2. The largest absolute Gasteiger partial charge is 0.358 e. The van der Waals surface area contributed by atoms with Crippen LogP contribution in [0.5, 0.6) is 0 Å². The van der Waals surface area contributed by atoms with Gasteiger partial charge in [-0.25, -0.2) is 9.67 Å². The van der Waals surface area contributed by atoms with Gasteiger partial charge in [-0.05, 0) is 43.7 Å². The average Bonchev–Trinajstić information content (AvgIpc) is 3.25. The van der Waals surface area contributed by atoms with E-state index in [0.717, 1.165) is 43.0 Å². The second-order valence-electron chi connectivity index (χ2n) is 8.53. The van der Waals surface area contributed by atoms with Crippen LogP contribution in [0.15, 0.2) is 24.5 Å². The first kappa shape index (κ1) is 18.7.